The van der Waals surface area contributed by atoms with Crippen molar-refractivity contribution in [2.24, 2.45) is 0 Å². The molecule has 0 aromatic heterocycles. The maximum atomic E-state index is 11.2. The van der Waals surface area contributed by atoms with Crippen molar-refractivity contribution in [2.45, 2.75) is 37.0 Å². The van der Waals surface area contributed by atoms with Crippen molar-refractivity contribution >= 4 is 19.7 Å². The molecule has 0 bridgehead atoms. The molecule has 1 unspecified atom stereocenters. The second-order valence-electron chi connectivity index (χ2n) is 4.33. The molecule has 1 rings (SSSR count). The predicted molar refractivity (Wildman–Crippen MR) is 60.5 cm³/mol. The Hall–Kier alpha value is 0.160. The van der Waals surface area contributed by atoms with Crippen molar-refractivity contribution in [2.75, 3.05) is 20.1 Å². The van der Waals surface area contributed by atoms with Crippen LogP contribution in [0.15, 0.2) is 0 Å². The zero-order valence-electron chi connectivity index (χ0n) is 9.11. The highest BCUT2D eigenvalue weighted by Crippen LogP contribution is 2.49. The number of rotatable bonds is 6. The van der Waals surface area contributed by atoms with Gasteiger partial charge in [-0.25, -0.2) is 8.42 Å². The number of hydrogen-bond acceptors (Lipinski definition) is 4. The lowest BCUT2D eigenvalue weighted by atomic mass is 10.1. The second-order valence-corrected chi connectivity index (χ2v) is 7.29. The molecule has 4 nitrogen and oxygen atoms in total. The van der Waals surface area contributed by atoms with E-state index in [4.69, 9.17) is 10.7 Å². The second kappa shape index (κ2) is 4.57. The predicted octanol–water partition coefficient (Wildman–Crippen LogP) is 0.790. The van der Waals surface area contributed by atoms with E-state index in [0.29, 0.717) is 19.4 Å². The number of likely N-dealkylation sites (N-methyl/N-ethyl adjacent to an activating group) is 1. The molecule has 0 spiro atoms. The summed E-state index contributed by atoms with van der Waals surface area (Å²) in [6.45, 7) is 3.31. The maximum Gasteiger partial charge on any atom is 0.238 e. The molecule has 1 saturated carbocycles. The quantitative estimate of drug-likeness (QED) is 0.713. The van der Waals surface area contributed by atoms with Crippen LogP contribution in [0.25, 0.3) is 0 Å². The third kappa shape index (κ3) is 3.31. The van der Waals surface area contributed by atoms with Crippen molar-refractivity contribution < 1.29 is 13.5 Å². The molecule has 0 amide bonds. The molecule has 0 aliphatic heterocycles. The molecule has 15 heavy (non-hydrogen) atoms. The average molecular weight is 256 g/mol. The maximum absolute atomic E-state index is 11.2. The highest BCUT2D eigenvalue weighted by atomic mass is 35.7. The lowest BCUT2D eigenvalue weighted by Crippen LogP contribution is -2.34. The van der Waals surface area contributed by atoms with E-state index in [2.05, 4.69) is 0 Å². The Morgan fingerprint density at radius 2 is 2.07 bits per heavy atom. The molecule has 6 heteroatoms. The fourth-order valence-electron chi connectivity index (χ4n) is 1.67. The Bertz CT molecular complexity index is 313. The van der Waals surface area contributed by atoms with Crippen molar-refractivity contribution in [3.63, 3.8) is 0 Å². The minimum Gasteiger partial charge on any atom is -0.392 e. The first-order chi connectivity index (χ1) is 6.81. The third-order valence-electron chi connectivity index (χ3n) is 2.99. The molecule has 1 fully saturated rings. The monoisotopic (exact) mass is 255 g/mol. The fraction of sp³-hybridized carbons (Fsp3) is 1.00. The van der Waals surface area contributed by atoms with Crippen LogP contribution in [0, 0.1) is 0 Å². The molecule has 90 valence electrons. The van der Waals surface area contributed by atoms with Crippen LogP contribution in [0.4, 0.5) is 0 Å². The Morgan fingerprint density at radius 1 is 1.53 bits per heavy atom. The molecule has 1 atom stereocenters. The lowest BCUT2D eigenvalue weighted by molar-refractivity contribution is 0.117. The Kier molecular flexibility index (Phi) is 4.03. The van der Waals surface area contributed by atoms with Crippen molar-refractivity contribution in [3.05, 3.63) is 0 Å². The number of halogens is 1. The fourth-order valence-corrected chi connectivity index (χ4v) is 3.30. The van der Waals surface area contributed by atoms with Crippen molar-refractivity contribution in [1.29, 1.82) is 0 Å². The summed E-state index contributed by atoms with van der Waals surface area (Å²) in [5.74, 6) is 0. The van der Waals surface area contributed by atoms with Gasteiger partial charge in [-0.1, -0.05) is 6.92 Å². The van der Waals surface area contributed by atoms with Crippen LogP contribution >= 0.6 is 10.7 Å². The summed E-state index contributed by atoms with van der Waals surface area (Å²) < 4.78 is 21.6. The summed E-state index contributed by atoms with van der Waals surface area (Å²) in [7, 11) is 3.70. The van der Waals surface area contributed by atoms with Gasteiger partial charge in [0.05, 0.1) is 10.9 Å². The lowest BCUT2D eigenvalue weighted by Gasteiger charge is -2.21. The first-order valence-corrected chi connectivity index (χ1v) is 7.42. The first kappa shape index (κ1) is 13.2. The zero-order valence-corrected chi connectivity index (χ0v) is 10.7. The van der Waals surface area contributed by atoms with Gasteiger partial charge in [-0.3, -0.25) is 0 Å². The Labute approximate surface area is 95.6 Å². The molecule has 0 heterocycles. The molecule has 1 aliphatic carbocycles. The normalized spacial score (nSPS) is 21.7. The van der Waals surface area contributed by atoms with Crippen LogP contribution in [-0.4, -0.2) is 49.4 Å². The summed E-state index contributed by atoms with van der Waals surface area (Å²) in [5, 5.41) is 9.72. The standard InChI is InChI=1S/C9H18ClNO3S/c1-3-11(2)7-8(12)6-9(4-5-9)15(10,13)14/h8,12H,3-7H2,1-2H3. The molecule has 0 saturated heterocycles. The van der Waals surface area contributed by atoms with Crippen molar-refractivity contribution in [3.8, 4) is 0 Å². The summed E-state index contributed by atoms with van der Waals surface area (Å²) in [5.41, 5.74) is 0. The third-order valence-corrected chi connectivity index (χ3v) is 5.59. The zero-order chi connectivity index (χ0) is 11.7. The van der Waals surface area contributed by atoms with E-state index in [0.717, 1.165) is 6.54 Å². The van der Waals surface area contributed by atoms with E-state index < -0.39 is 19.9 Å². The van der Waals surface area contributed by atoms with Crippen molar-refractivity contribution in [1.82, 2.24) is 4.90 Å². The van der Waals surface area contributed by atoms with Crippen LogP contribution in [0.5, 0.6) is 0 Å². The van der Waals surface area contributed by atoms with Crippen LogP contribution < -0.4 is 0 Å². The average Bonchev–Trinajstić information content (AvgIpc) is 2.83. The van der Waals surface area contributed by atoms with E-state index in [1.807, 2.05) is 18.9 Å². The van der Waals surface area contributed by atoms with Gasteiger partial charge in [0.2, 0.25) is 9.05 Å². The molecule has 0 aromatic rings. The minimum atomic E-state index is -3.54. The van der Waals surface area contributed by atoms with Gasteiger partial charge >= 0.3 is 0 Å². The SMILES string of the molecule is CCN(C)CC(O)CC1(S(=O)(=O)Cl)CC1. The van der Waals surface area contributed by atoms with Crippen LogP contribution in [0.1, 0.15) is 26.2 Å². The summed E-state index contributed by atoms with van der Waals surface area (Å²) >= 11 is 0. The Morgan fingerprint density at radius 3 is 2.40 bits per heavy atom. The molecule has 1 aliphatic rings. The highest BCUT2D eigenvalue weighted by Gasteiger charge is 2.54. The van der Waals surface area contributed by atoms with Crippen LogP contribution in [0.2, 0.25) is 0 Å². The number of nitrogens with zero attached hydrogens (tertiary/aromatic N) is 1. The molecule has 0 aromatic carbocycles. The number of hydrogen-bond donors (Lipinski definition) is 1. The van der Waals surface area contributed by atoms with E-state index in [1.165, 1.54) is 0 Å². The van der Waals surface area contributed by atoms with Gasteiger partial charge in [-0.2, -0.15) is 0 Å². The minimum absolute atomic E-state index is 0.253. The molecular formula is C9H18ClNO3S. The van der Waals surface area contributed by atoms with Gasteiger partial charge in [0.25, 0.3) is 0 Å². The molecule has 0 radical (unpaired) electrons. The van der Waals surface area contributed by atoms with Crippen LogP contribution in [0.3, 0.4) is 0 Å². The first-order valence-electron chi connectivity index (χ1n) is 5.11. The van der Waals surface area contributed by atoms with Gasteiger partial charge in [-0.05, 0) is 32.9 Å². The summed E-state index contributed by atoms with van der Waals surface area (Å²) in [6.07, 6.45) is 0.784. The summed E-state index contributed by atoms with van der Waals surface area (Å²) in [6, 6.07) is 0. The van der Waals surface area contributed by atoms with E-state index in [-0.39, 0.29) is 6.42 Å². The largest absolute Gasteiger partial charge is 0.392 e. The van der Waals surface area contributed by atoms with Gasteiger partial charge in [0, 0.05) is 17.2 Å². The molecular weight excluding hydrogens is 238 g/mol. The number of aliphatic hydroxyl groups is 1. The van der Waals surface area contributed by atoms with Crippen LogP contribution in [-0.2, 0) is 9.05 Å². The van der Waals surface area contributed by atoms with Gasteiger partial charge in [-0.15, -0.1) is 0 Å². The van der Waals surface area contributed by atoms with Gasteiger partial charge < -0.3 is 10.0 Å². The summed E-state index contributed by atoms with van der Waals surface area (Å²) in [4.78, 5) is 1.95. The smallest absolute Gasteiger partial charge is 0.238 e. The van der Waals surface area contributed by atoms with Gasteiger partial charge in [0.1, 0.15) is 0 Å². The topological polar surface area (TPSA) is 57.6 Å². The van der Waals surface area contributed by atoms with Gasteiger partial charge in [0.15, 0.2) is 0 Å². The number of aliphatic hydroxyl groups excluding tert-OH is 1. The van der Waals surface area contributed by atoms with E-state index in [1.54, 1.807) is 0 Å². The highest BCUT2D eigenvalue weighted by molar-refractivity contribution is 8.15. The van der Waals surface area contributed by atoms with E-state index in [9.17, 15) is 13.5 Å². The van der Waals surface area contributed by atoms with E-state index >= 15 is 0 Å². The molecule has 1 N–H and O–H groups in total. The Balaban J connectivity index is 2.49.